The molecule has 0 bridgehead atoms. The molecule has 0 saturated carbocycles. The van der Waals surface area contributed by atoms with E-state index in [9.17, 15) is 18.0 Å². The number of benzene rings is 1. The molecule has 2 rings (SSSR count). The van der Waals surface area contributed by atoms with Crippen molar-refractivity contribution in [2.75, 3.05) is 26.2 Å². The highest BCUT2D eigenvalue weighted by molar-refractivity contribution is 7.89. The quantitative estimate of drug-likeness (QED) is 0.525. The van der Waals surface area contributed by atoms with Crippen molar-refractivity contribution in [3.63, 3.8) is 0 Å². The van der Waals surface area contributed by atoms with Crippen molar-refractivity contribution < 1.29 is 22.7 Å². The Morgan fingerprint density at radius 3 is 2.32 bits per heavy atom. The van der Waals surface area contributed by atoms with Gasteiger partial charge in [0.25, 0.3) is 5.91 Å². The van der Waals surface area contributed by atoms with E-state index in [-0.39, 0.29) is 23.0 Å². The molecule has 7 nitrogen and oxygen atoms in total. The summed E-state index contributed by atoms with van der Waals surface area (Å²) in [4.78, 5) is 23.8. The predicted molar refractivity (Wildman–Crippen MR) is 106 cm³/mol. The standard InChI is InChI=1S/C20H30N2O5S/c1-4-5-10-21-19(23)14-27-20(24)17-6-8-18(9-7-17)28(25,26)22-12-15(2)11-16(3)13-22/h6-9,15-16H,4-5,10-14H2,1-3H3,(H,21,23)/t15-,16+. The maximum absolute atomic E-state index is 12.9. The van der Waals surface area contributed by atoms with Gasteiger partial charge in [0, 0.05) is 19.6 Å². The van der Waals surface area contributed by atoms with Crippen molar-refractivity contribution in [2.45, 2.75) is 44.9 Å². The first kappa shape index (κ1) is 22.4. The Bertz CT molecular complexity index is 766. The van der Waals surface area contributed by atoms with Crippen molar-refractivity contribution in [3.05, 3.63) is 29.8 Å². The summed E-state index contributed by atoms with van der Waals surface area (Å²) in [6, 6.07) is 5.66. The lowest BCUT2D eigenvalue weighted by Crippen LogP contribution is -2.42. The average Bonchev–Trinajstić information content (AvgIpc) is 2.65. The van der Waals surface area contributed by atoms with Crippen LogP contribution in [-0.4, -0.2) is 50.8 Å². The molecule has 1 N–H and O–H groups in total. The molecule has 1 aliphatic rings. The van der Waals surface area contributed by atoms with E-state index in [4.69, 9.17) is 4.74 Å². The topological polar surface area (TPSA) is 92.8 Å². The summed E-state index contributed by atoms with van der Waals surface area (Å²) in [5, 5.41) is 2.66. The van der Waals surface area contributed by atoms with Crippen LogP contribution < -0.4 is 5.32 Å². The lowest BCUT2D eigenvalue weighted by atomic mass is 9.94. The van der Waals surface area contributed by atoms with Crippen molar-refractivity contribution in [1.29, 1.82) is 0 Å². The first-order valence-corrected chi connectivity index (χ1v) is 11.2. The van der Waals surface area contributed by atoms with E-state index in [1.54, 1.807) is 0 Å². The second kappa shape index (κ2) is 10.0. The molecule has 0 spiro atoms. The molecule has 1 heterocycles. The smallest absolute Gasteiger partial charge is 0.338 e. The molecule has 1 saturated heterocycles. The van der Waals surface area contributed by atoms with Crippen LogP contribution in [0.1, 0.15) is 50.4 Å². The molecule has 0 aromatic heterocycles. The maximum atomic E-state index is 12.9. The number of sulfonamides is 1. The minimum Gasteiger partial charge on any atom is -0.452 e. The number of carbonyl (C=O) groups excluding carboxylic acids is 2. The summed E-state index contributed by atoms with van der Waals surface area (Å²) < 4.78 is 32.2. The molecule has 1 fully saturated rings. The third-order valence-corrected chi connectivity index (χ3v) is 6.60. The number of nitrogens with one attached hydrogen (secondary N) is 1. The van der Waals surface area contributed by atoms with Crippen LogP contribution in [0.4, 0.5) is 0 Å². The summed E-state index contributed by atoms with van der Waals surface area (Å²) in [5.41, 5.74) is 0.209. The number of amides is 1. The number of unbranched alkanes of at least 4 members (excludes halogenated alkanes) is 1. The van der Waals surface area contributed by atoms with Gasteiger partial charge in [0.05, 0.1) is 10.5 Å². The van der Waals surface area contributed by atoms with Crippen LogP contribution in [-0.2, 0) is 19.6 Å². The van der Waals surface area contributed by atoms with Crippen LogP contribution in [0.5, 0.6) is 0 Å². The van der Waals surface area contributed by atoms with Crippen LogP contribution in [0.25, 0.3) is 0 Å². The Balaban J connectivity index is 1.96. The van der Waals surface area contributed by atoms with Crippen LogP contribution in [0.15, 0.2) is 29.2 Å². The van der Waals surface area contributed by atoms with Gasteiger partial charge in [-0.15, -0.1) is 0 Å². The van der Waals surface area contributed by atoms with Crippen molar-refractivity contribution in [2.24, 2.45) is 11.8 Å². The molecule has 1 aliphatic heterocycles. The molecule has 0 unspecified atom stereocenters. The Morgan fingerprint density at radius 2 is 1.75 bits per heavy atom. The molecule has 1 aromatic carbocycles. The number of hydrogen-bond acceptors (Lipinski definition) is 5. The van der Waals surface area contributed by atoms with E-state index < -0.39 is 16.0 Å². The van der Waals surface area contributed by atoms with Gasteiger partial charge in [-0.3, -0.25) is 4.79 Å². The van der Waals surface area contributed by atoms with Gasteiger partial charge >= 0.3 is 5.97 Å². The van der Waals surface area contributed by atoms with Gasteiger partial charge in [0.2, 0.25) is 10.0 Å². The molecule has 0 aliphatic carbocycles. The number of ether oxygens (including phenoxy) is 1. The number of hydrogen-bond donors (Lipinski definition) is 1. The van der Waals surface area contributed by atoms with Crippen LogP contribution in [0.2, 0.25) is 0 Å². The van der Waals surface area contributed by atoms with Crippen LogP contribution in [0.3, 0.4) is 0 Å². The van der Waals surface area contributed by atoms with Gasteiger partial charge in [-0.1, -0.05) is 27.2 Å². The number of esters is 1. The fourth-order valence-corrected chi connectivity index (χ4v) is 5.06. The molecule has 0 radical (unpaired) electrons. The van der Waals surface area contributed by atoms with Gasteiger partial charge in [0.15, 0.2) is 6.61 Å². The Morgan fingerprint density at radius 1 is 1.14 bits per heavy atom. The highest BCUT2D eigenvalue weighted by Gasteiger charge is 2.31. The second-order valence-electron chi connectivity index (χ2n) is 7.57. The third kappa shape index (κ3) is 6.04. The first-order valence-electron chi connectivity index (χ1n) is 9.78. The monoisotopic (exact) mass is 410 g/mol. The Kier molecular flexibility index (Phi) is 8.00. The largest absolute Gasteiger partial charge is 0.452 e. The summed E-state index contributed by atoms with van der Waals surface area (Å²) in [6.07, 6.45) is 2.84. The average molecular weight is 411 g/mol. The van der Waals surface area contributed by atoms with Crippen molar-refractivity contribution in [1.82, 2.24) is 9.62 Å². The summed E-state index contributed by atoms with van der Waals surface area (Å²) in [5.74, 6) is -0.378. The lowest BCUT2D eigenvalue weighted by Gasteiger charge is -2.34. The zero-order valence-electron chi connectivity index (χ0n) is 16.8. The highest BCUT2D eigenvalue weighted by Crippen LogP contribution is 2.26. The van der Waals surface area contributed by atoms with Gasteiger partial charge in [-0.2, -0.15) is 4.31 Å². The van der Waals surface area contributed by atoms with Gasteiger partial charge < -0.3 is 10.1 Å². The van der Waals surface area contributed by atoms with Crippen molar-refractivity contribution >= 4 is 21.9 Å². The zero-order chi connectivity index (χ0) is 20.7. The lowest BCUT2D eigenvalue weighted by molar-refractivity contribution is -0.124. The molecular weight excluding hydrogens is 380 g/mol. The van der Waals surface area contributed by atoms with E-state index in [0.717, 1.165) is 19.3 Å². The fourth-order valence-electron chi connectivity index (χ4n) is 3.38. The highest BCUT2D eigenvalue weighted by atomic mass is 32.2. The minimum absolute atomic E-state index is 0.155. The summed E-state index contributed by atoms with van der Waals surface area (Å²) >= 11 is 0. The van der Waals surface area contributed by atoms with Crippen LogP contribution >= 0.6 is 0 Å². The van der Waals surface area contributed by atoms with Gasteiger partial charge in [-0.05, 0) is 48.9 Å². The molecular formula is C20H30N2O5S. The molecule has 156 valence electrons. The third-order valence-electron chi connectivity index (χ3n) is 4.75. The maximum Gasteiger partial charge on any atom is 0.338 e. The van der Waals surface area contributed by atoms with Gasteiger partial charge in [0.1, 0.15) is 0 Å². The first-order chi connectivity index (χ1) is 13.2. The number of rotatable bonds is 8. The summed E-state index contributed by atoms with van der Waals surface area (Å²) in [6.45, 7) is 7.32. The second-order valence-corrected chi connectivity index (χ2v) is 9.51. The van der Waals surface area contributed by atoms with E-state index in [2.05, 4.69) is 19.2 Å². The normalized spacial score (nSPS) is 20.5. The Labute approximate surface area is 167 Å². The number of carbonyl (C=O) groups is 2. The number of nitrogens with zero attached hydrogens (tertiary/aromatic N) is 1. The minimum atomic E-state index is -3.59. The van der Waals surface area contributed by atoms with E-state index >= 15 is 0 Å². The predicted octanol–water partition coefficient (Wildman–Crippen LogP) is 2.43. The van der Waals surface area contributed by atoms with E-state index in [1.807, 2.05) is 6.92 Å². The summed E-state index contributed by atoms with van der Waals surface area (Å²) in [7, 11) is -3.59. The zero-order valence-corrected chi connectivity index (χ0v) is 17.6. The molecule has 8 heteroatoms. The molecule has 1 amide bonds. The Hall–Kier alpha value is -1.93. The van der Waals surface area contributed by atoms with E-state index in [1.165, 1.54) is 28.6 Å². The molecule has 1 aromatic rings. The molecule has 2 atom stereocenters. The van der Waals surface area contributed by atoms with Gasteiger partial charge in [-0.25, -0.2) is 13.2 Å². The van der Waals surface area contributed by atoms with E-state index in [0.29, 0.717) is 31.5 Å². The SMILES string of the molecule is CCCCNC(=O)COC(=O)c1ccc(S(=O)(=O)N2C[C@H](C)C[C@H](C)C2)cc1. The number of piperidine rings is 1. The fraction of sp³-hybridized carbons (Fsp3) is 0.600. The van der Waals surface area contributed by atoms with Crippen LogP contribution in [0, 0.1) is 11.8 Å². The molecule has 28 heavy (non-hydrogen) atoms. The van der Waals surface area contributed by atoms with Crippen molar-refractivity contribution in [3.8, 4) is 0 Å².